The van der Waals surface area contributed by atoms with Gasteiger partial charge in [-0.3, -0.25) is 0 Å². The number of nitrogens with one attached hydrogen (secondary N) is 2. The fourth-order valence-corrected chi connectivity index (χ4v) is 4.34. The predicted molar refractivity (Wildman–Crippen MR) is 110 cm³/mol. The van der Waals surface area contributed by atoms with E-state index in [0.717, 1.165) is 13.0 Å². The van der Waals surface area contributed by atoms with Gasteiger partial charge in [-0.1, -0.05) is 34.1 Å². The molecule has 25 heavy (non-hydrogen) atoms. The lowest BCUT2D eigenvalue weighted by Gasteiger charge is -2.37. The second kappa shape index (κ2) is 8.41. The van der Waals surface area contributed by atoms with E-state index < -0.39 is 8.32 Å². The number of hydrogen-bond acceptors (Lipinski definition) is 1. The van der Waals surface area contributed by atoms with E-state index in [1.165, 1.54) is 24.2 Å². The number of aromatic amines is 2. The Labute approximate surface area is 154 Å². The second-order valence-electron chi connectivity index (χ2n) is 8.67. The lowest BCUT2D eigenvalue weighted by Crippen LogP contribution is -2.41. The van der Waals surface area contributed by atoms with Crippen molar-refractivity contribution in [2.45, 2.75) is 71.0 Å². The smallest absolute Gasteiger partial charge is 0.191 e. The Kier molecular flexibility index (Phi) is 6.75. The Balaban J connectivity index is 2.12. The normalized spacial score (nSPS) is 14.2. The summed E-state index contributed by atoms with van der Waals surface area (Å²) in [5.74, 6) is 0.958. The second-order valence-corrected chi connectivity index (χ2v) is 13.5. The van der Waals surface area contributed by atoms with Gasteiger partial charge in [-0.2, -0.15) is 0 Å². The van der Waals surface area contributed by atoms with Crippen molar-refractivity contribution in [3.05, 3.63) is 48.0 Å². The molecule has 0 aliphatic heterocycles. The zero-order valence-electron chi connectivity index (χ0n) is 16.9. The molecule has 0 aromatic carbocycles. The van der Waals surface area contributed by atoms with Crippen LogP contribution >= 0.6 is 0 Å². The molecule has 140 valence electrons. The number of aromatic nitrogens is 2. The lowest BCUT2D eigenvalue weighted by atomic mass is 9.82. The number of H-pyrrole nitrogens is 2. The standard InChI is InChI=1S/C21H36N2OSi/c1-7-10-17(13-16-24-25(5,6)21(2,3)4)20(18-11-8-14-22-18)19-12-9-15-23-19/h8-9,11-12,14-15,17,20,22-23H,7,10,13,16H2,1-6H3. The van der Waals surface area contributed by atoms with Gasteiger partial charge in [0.1, 0.15) is 0 Å². The molecule has 2 rings (SSSR count). The van der Waals surface area contributed by atoms with Crippen LogP contribution in [0.3, 0.4) is 0 Å². The van der Waals surface area contributed by atoms with Gasteiger partial charge in [-0.25, -0.2) is 0 Å². The molecule has 0 spiro atoms. The molecule has 0 bridgehead atoms. The summed E-state index contributed by atoms with van der Waals surface area (Å²) in [6, 6.07) is 8.62. The Morgan fingerprint density at radius 1 is 1.00 bits per heavy atom. The van der Waals surface area contributed by atoms with Crippen LogP contribution in [0.1, 0.15) is 64.3 Å². The first-order chi connectivity index (χ1) is 11.8. The minimum Gasteiger partial charge on any atom is -0.417 e. The number of rotatable bonds is 9. The van der Waals surface area contributed by atoms with E-state index in [0.29, 0.717) is 11.8 Å². The summed E-state index contributed by atoms with van der Waals surface area (Å²) in [7, 11) is -1.68. The molecule has 0 saturated heterocycles. The van der Waals surface area contributed by atoms with Gasteiger partial charge in [0, 0.05) is 36.3 Å². The van der Waals surface area contributed by atoms with Crippen LogP contribution in [0.15, 0.2) is 36.7 Å². The van der Waals surface area contributed by atoms with Crippen LogP contribution in [-0.4, -0.2) is 24.9 Å². The third-order valence-corrected chi connectivity index (χ3v) is 10.3. The fourth-order valence-electron chi connectivity index (χ4n) is 3.28. The van der Waals surface area contributed by atoms with Crippen molar-refractivity contribution >= 4 is 8.32 Å². The summed E-state index contributed by atoms with van der Waals surface area (Å²) >= 11 is 0. The molecule has 2 heterocycles. The minimum absolute atomic E-state index is 0.269. The van der Waals surface area contributed by atoms with Gasteiger partial charge in [0.2, 0.25) is 0 Å². The third kappa shape index (κ3) is 5.11. The van der Waals surface area contributed by atoms with Crippen LogP contribution in [0.4, 0.5) is 0 Å². The SMILES string of the molecule is CCCC(CCO[Si](C)(C)C(C)(C)C)C(c1ccc[nH]1)c1ccc[nH]1. The molecular formula is C21H36N2OSi. The van der Waals surface area contributed by atoms with E-state index in [9.17, 15) is 0 Å². The molecule has 0 aliphatic carbocycles. The average molecular weight is 361 g/mol. The first-order valence-electron chi connectivity index (χ1n) is 9.67. The molecule has 0 aliphatic rings. The monoisotopic (exact) mass is 360 g/mol. The summed E-state index contributed by atoms with van der Waals surface area (Å²) in [4.78, 5) is 6.89. The maximum Gasteiger partial charge on any atom is 0.191 e. The molecule has 3 nitrogen and oxygen atoms in total. The average Bonchev–Trinajstić information content (AvgIpc) is 3.20. The largest absolute Gasteiger partial charge is 0.417 e. The molecule has 0 amide bonds. The van der Waals surface area contributed by atoms with Gasteiger partial charge in [0.05, 0.1) is 0 Å². The quantitative estimate of drug-likeness (QED) is 0.506. The van der Waals surface area contributed by atoms with Gasteiger partial charge < -0.3 is 14.4 Å². The van der Waals surface area contributed by atoms with Crippen molar-refractivity contribution in [1.82, 2.24) is 9.97 Å². The van der Waals surface area contributed by atoms with Gasteiger partial charge in [0.25, 0.3) is 0 Å². The molecule has 0 saturated carbocycles. The topological polar surface area (TPSA) is 40.8 Å². The molecule has 1 unspecified atom stereocenters. The molecule has 4 heteroatoms. The summed E-state index contributed by atoms with van der Waals surface area (Å²) in [5.41, 5.74) is 2.60. The van der Waals surface area contributed by atoms with Crippen LogP contribution in [0, 0.1) is 5.92 Å². The van der Waals surface area contributed by atoms with Crippen molar-refractivity contribution < 1.29 is 4.43 Å². The van der Waals surface area contributed by atoms with Crippen LogP contribution in [0.5, 0.6) is 0 Å². The zero-order valence-corrected chi connectivity index (χ0v) is 17.9. The third-order valence-electron chi connectivity index (χ3n) is 5.80. The summed E-state index contributed by atoms with van der Waals surface area (Å²) < 4.78 is 6.47. The molecule has 2 aromatic rings. The van der Waals surface area contributed by atoms with E-state index in [4.69, 9.17) is 4.43 Å². The highest BCUT2D eigenvalue weighted by atomic mass is 28.4. The van der Waals surface area contributed by atoms with Crippen LogP contribution < -0.4 is 0 Å². The van der Waals surface area contributed by atoms with Crippen LogP contribution in [-0.2, 0) is 4.43 Å². The van der Waals surface area contributed by atoms with Crippen molar-refractivity contribution in [2.75, 3.05) is 6.61 Å². The van der Waals surface area contributed by atoms with Crippen molar-refractivity contribution in [1.29, 1.82) is 0 Å². The first-order valence-corrected chi connectivity index (χ1v) is 12.6. The maximum atomic E-state index is 6.47. The number of hydrogen-bond donors (Lipinski definition) is 2. The van der Waals surface area contributed by atoms with Crippen molar-refractivity contribution in [3.8, 4) is 0 Å². The molecule has 2 aromatic heterocycles. The highest BCUT2D eigenvalue weighted by molar-refractivity contribution is 6.74. The molecule has 0 fully saturated rings. The van der Waals surface area contributed by atoms with Crippen molar-refractivity contribution in [2.24, 2.45) is 5.92 Å². The van der Waals surface area contributed by atoms with Crippen LogP contribution in [0.2, 0.25) is 18.1 Å². The van der Waals surface area contributed by atoms with Crippen molar-refractivity contribution in [3.63, 3.8) is 0 Å². The highest BCUT2D eigenvalue weighted by Gasteiger charge is 2.37. The first kappa shape index (κ1) is 20.1. The zero-order chi connectivity index (χ0) is 18.5. The molecular weight excluding hydrogens is 324 g/mol. The molecule has 2 N–H and O–H groups in total. The van der Waals surface area contributed by atoms with Gasteiger partial charge in [-0.15, -0.1) is 0 Å². The highest BCUT2D eigenvalue weighted by Crippen LogP contribution is 2.38. The van der Waals surface area contributed by atoms with Gasteiger partial charge in [-0.05, 0) is 61.2 Å². The summed E-state index contributed by atoms with van der Waals surface area (Å²) in [6.07, 6.45) is 7.57. The van der Waals surface area contributed by atoms with Crippen LogP contribution in [0.25, 0.3) is 0 Å². The van der Waals surface area contributed by atoms with E-state index in [2.05, 4.69) is 75.0 Å². The summed E-state index contributed by atoms with van der Waals surface area (Å²) in [5, 5.41) is 0.269. The predicted octanol–water partition coefficient (Wildman–Crippen LogP) is 6.30. The Hall–Kier alpha value is -1.26. The van der Waals surface area contributed by atoms with E-state index >= 15 is 0 Å². The Morgan fingerprint density at radius 3 is 1.96 bits per heavy atom. The van der Waals surface area contributed by atoms with E-state index in [1.54, 1.807) is 0 Å². The molecule has 0 radical (unpaired) electrons. The van der Waals surface area contributed by atoms with Gasteiger partial charge >= 0.3 is 0 Å². The lowest BCUT2D eigenvalue weighted by molar-refractivity contribution is 0.240. The summed E-state index contributed by atoms with van der Waals surface area (Å²) in [6.45, 7) is 14.8. The fraction of sp³-hybridized carbons (Fsp3) is 0.619. The Morgan fingerprint density at radius 2 is 1.56 bits per heavy atom. The van der Waals surface area contributed by atoms with E-state index in [-0.39, 0.29) is 5.04 Å². The van der Waals surface area contributed by atoms with Gasteiger partial charge in [0.15, 0.2) is 8.32 Å². The van der Waals surface area contributed by atoms with E-state index in [1.807, 2.05) is 12.4 Å². The maximum absolute atomic E-state index is 6.47. The minimum atomic E-state index is -1.68. The Bertz CT molecular complexity index is 562. The molecule has 1 atom stereocenters.